The maximum Gasteiger partial charge on any atom is 0.244 e. The molecule has 0 aromatic heterocycles. The summed E-state index contributed by atoms with van der Waals surface area (Å²) in [7, 11) is -3.80. The fourth-order valence-corrected chi connectivity index (χ4v) is 5.08. The van der Waals surface area contributed by atoms with E-state index in [2.05, 4.69) is 5.32 Å². The first-order valence-corrected chi connectivity index (χ1v) is 13.9. The van der Waals surface area contributed by atoms with Crippen molar-refractivity contribution in [2.24, 2.45) is 5.92 Å². The second kappa shape index (κ2) is 12.1. The summed E-state index contributed by atoms with van der Waals surface area (Å²) in [5, 5.41) is 3.63. The molecule has 2 rings (SSSR count). The highest BCUT2D eigenvalue weighted by Crippen LogP contribution is 2.28. The maximum atomic E-state index is 13.6. The van der Waals surface area contributed by atoms with Crippen molar-refractivity contribution in [3.05, 3.63) is 63.1 Å². The molecule has 0 saturated heterocycles. The van der Waals surface area contributed by atoms with E-state index in [1.165, 1.54) is 4.90 Å². The summed E-state index contributed by atoms with van der Waals surface area (Å²) in [4.78, 5) is 27.9. The van der Waals surface area contributed by atoms with Crippen molar-refractivity contribution in [3.8, 4) is 0 Å². The molecule has 0 aliphatic heterocycles. The zero-order valence-electron chi connectivity index (χ0n) is 20.9. The molecule has 0 fully saturated rings. The van der Waals surface area contributed by atoms with Crippen LogP contribution in [0.2, 0.25) is 10.0 Å². The lowest BCUT2D eigenvalue weighted by molar-refractivity contribution is -0.139. The predicted octanol–water partition coefficient (Wildman–Crippen LogP) is 4.57. The van der Waals surface area contributed by atoms with Crippen LogP contribution in [0.15, 0.2) is 36.4 Å². The molecule has 1 N–H and O–H groups in total. The lowest BCUT2D eigenvalue weighted by Crippen LogP contribution is -2.51. The van der Waals surface area contributed by atoms with E-state index in [9.17, 15) is 18.0 Å². The number of anilines is 1. The minimum atomic E-state index is -3.80. The van der Waals surface area contributed by atoms with E-state index in [0.29, 0.717) is 27.8 Å². The Morgan fingerprint density at radius 2 is 1.63 bits per heavy atom. The highest BCUT2D eigenvalue weighted by molar-refractivity contribution is 7.92. The third-order valence-corrected chi connectivity index (χ3v) is 7.28. The molecule has 35 heavy (non-hydrogen) atoms. The fraction of sp³-hybridized carbons (Fsp3) is 0.440. The quantitative estimate of drug-likeness (QED) is 0.477. The van der Waals surface area contributed by atoms with Crippen LogP contribution in [0.3, 0.4) is 0 Å². The molecular formula is C25H33Cl2N3O4S. The highest BCUT2D eigenvalue weighted by Gasteiger charge is 2.31. The molecule has 0 saturated carbocycles. The van der Waals surface area contributed by atoms with Gasteiger partial charge in [0.05, 0.1) is 11.9 Å². The molecule has 0 spiro atoms. The van der Waals surface area contributed by atoms with Crippen molar-refractivity contribution < 1.29 is 18.0 Å². The zero-order valence-corrected chi connectivity index (χ0v) is 23.3. The molecule has 1 atom stereocenters. The number of nitrogens with one attached hydrogen (secondary N) is 1. The largest absolute Gasteiger partial charge is 0.354 e. The van der Waals surface area contributed by atoms with E-state index in [0.717, 1.165) is 21.7 Å². The second-order valence-corrected chi connectivity index (χ2v) is 11.8. The molecular weight excluding hydrogens is 509 g/mol. The van der Waals surface area contributed by atoms with Crippen molar-refractivity contribution in [2.45, 2.75) is 47.2 Å². The molecule has 0 radical (unpaired) electrons. The number of benzene rings is 2. The van der Waals surface area contributed by atoms with Crippen LogP contribution in [0, 0.1) is 19.8 Å². The average Bonchev–Trinajstić information content (AvgIpc) is 2.74. The van der Waals surface area contributed by atoms with Gasteiger partial charge in [0.15, 0.2) is 0 Å². The van der Waals surface area contributed by atoms with Crippen LogP contribution in [0.1, 0.15) is 37.5 Å². The maximum absolute atomic E-state index is 13.6. The number of carbonyl (C=O) groups excluding carboxylic acids is 2. The molecule has 7 nitrogen and oxygen atoms in total. The molecule has 2 aromatic carbocycles. The SMILES string of the molecule is Cc1cccc(C)c1N(CC(=O)N(Cc1ccc(Cl)cc1Cl)C(C)C(=O)NCC(C)C)S(C)(=O)=O. The van der Waals surface area contributed by atoms with Crippen LogP contribution in [0.25, 0.3) is 0 Å². The van der Waals surface area contributed by atoms with Crippen molar-refractivity contribution in [1.29, 1.82) is 0 Å². The van der Waals surface area contributed by atoms with E-state index in [1.54, 1.807) is 51.1 Å². The lowest BCUT2D eigenvalue weighted by atomic mass is 10.1. The van der Waals surface area contributed by atoms with Crippen LogP contribution in [0.4, 0.5) is 5.69 Å². The summed E-state index contributed by atoms with van der Waals surface area (Å²) in [5.41, 5.74) is 2.48. The number of hydrogen-bond donors (Lipinski definition) is 1. The van der Waals surface area contributed by atoms with Gasteiger partial charge in [0.25, 0.3) is 0 Å². The molecule has 2 amide bonds. The molecule has 192 valence electrons. The minimum absolute atomic E-state index is 0.00938. The van der Waals surface area contributed by atoms with Gasteiger partial charge in [-0.15, -0.1) is 0 Å². The molecule has 2 aromatic rings. The van der Waals surface area contributed by atoms with Crippen LogP contribution < -0.4 is 9.62 Å². The van der Waals surface area contributed by atoms with E-state index >= 15 is 0 Å². The van der Waals surface area contributed by atoms with Gasteiger partial charge in [0.1, 0.15) is 12.6 Å². The Morgan fingerprint density at radius 3 is 2.14 bits per heavy atom. The van der Waals surface area contributed by atoms with Crippen LogP contribution in [0.5, 0.6) is 0 Å². The summed E-state index contributed by atoms with van der Waals surface area (Å²) >= 11 is 12.4. The van der Waals surface area contributed by atoms with Crippen molar-refractivity contribution in [1.82, 2.24) is 10.2 Å². The van der Waals surface area contributed by atoms with Gasteiger partial charge < -0.3 is 10.2 Å². The number of aryl methyl sites for hydroxylation is 2. The topological polar surface area (TPSA) is 86.8 Å². The van der Waals surface area contributed by atoms with E-state index in [4.69, 9.17) is 23.2 Å². The number of hydrogen-bond acceptors (Lipinski definition) is 4. The van der Waals surface area contributed by atoms with Gasteiger partial charge in [0.2, 0.25) is 21.8 Å². The first-order chi connectivity index (χ1) is 16.2. The standard InChI is InChI=1S/C25H33Cl2N3O4S/c1-16(2)13-28-25(32)19(5)29(14-20-10-11-21(26)12-22(20)27)23(31)15-30(35(6,33)34)24-17(3)8-7-9-18(24)4/h7-12,16,19H,13-15H2,1-6H3,(H,28,32). The molecule has 1 unspecified atom stereocenters. The average molecular weight is 543 g/mol. The fourth-order valence-electron chi connectivity index (χ4n) is 3.64. The smallest absolute Gasteiger partial charge is 0.244 e. The Kier molecular flexibility index (Phi) is 10.0. The van der Waals surface area contributed by atoms with E-state index in [1.807, 2.05) is 19.9 Å². The molecule has 0 aliphatic carbocycles. The third kappa shape index (κ3) is 7.85. The Morgan fingerprint density at radius 1 is 1.03 bits per heavy atom. The van der Waals surface area contributed by atoms with Crippen molar-refractivity contribution in [2.75, 3.05) is 23.7 Å². The Balaban J connectivity index is 2.46. The molecule has 0 bridgehead atoms. The number of nitrogens with zero attached hydrogens (tertiary/aromatic N) is 2. The van der Waals surface area contributed by atoms with Crippen LogP contribution in [-0.4, -0.2) is 50.5 Å². The van der Waals surface area contributed by atoms with Gasteiger partial charge in [0, 0.05) is 23.1 Å². The second-order valence-electron chi connectivity index (χ2n) is 9.08. The summed E-state index contributed by atoms with van der Waals surface area (Å²) in [6.45, 7) is 9.13. The highest BCUT2D eigenvalue weighted by atomic mass is 35.5. The number of halogens is 2. The van der Waals surface area contributed by atoms with Gasteiger partial charge >= 0.3 is 0 Å². The van der Waals surface area contributed by atoms with Gasteiger partial charge in [-0.05, 0) is 55.5 Å². The van der Waals surface area contributed by atoms with Crippen LogP contribution >= 0.6 is 23.2 Å². The van der Waals surface area contributed by atoms with Crippen molar-refractivity contribution in [3.63, 3.8) is 0 Å². The van der Waals surface area contributed by atoms with E-state index < -0.39 is 28.5 Å². The van der Waals surface area contributed by atoms with E-state index in [-0.39, 0.29) is 18.4 Å². The monoisotopic (exact) mass is 541 g/mol. The number of carbonyl (C=O) groups is 2. The predicted molar refractivity (Wildman–Crippen MR) is 142 cm³/mol. The molecule has 0 heterocycles. The summed E-state index contributed by atoms with van der Waals surface area (Å²) in [5.74, 6) is -0.642. The number of rotatable bonds is 10. The first kappa shape index (κ1) is 28.9. The summed E-state index contributed by atoms with van der Waals surface area (Å²) < 4.78 is 26.6. The van der Waals surface area contributed by atoms with Gasteiger partial charge in [-0.25, -0.2) is 8.42 Å². The minimum Gasteiger partial charge on any atom is -0.354 e. The third-order valence-electron chi connectivity index (χ3n) is 5.58. The normalized spacial score (nSPS) is 12.4. The van der Waals surface area contributed by atoms with Gasteiger partial charge in [-0.3, -0.25) is 13.9 Å². The first-order valence-electron chi connectivity index (χ1n) is 11.3. The zero-order chi connectivity index (χ0) is 26.5. The van der Waals surface area contributed by atoms with Gasteiger partial charge in [-0.2, -0.15) is 0 Å². The number of sulfonamides is 1. The Hall–Kier alpha value is -2.29. The van der Waals surface area contributed by atoms with Gasteiger partial charge in [-0.1, -0.05) is 61.3 Å². The summed E-state index contributed by atoms with van der Waals surface area (Å²) in [6.07, 6.45) is 1.06. The Bertz CT molecular complexity index is 1160. The number of amides is 2. The lowest BCUT2D eigenvalue weighted by Gasteiger charge is -2.32. The van der Waals surface area contributed by atoms with Crippen molar-refractivity contribution >= 4 is 50.7 Å². The summed E-state index contributed by atoms with van der Waals surface area (Å²) in [6, 6.07) is 9.43. The Labute approximate surface area is 218 Å². The number of para-hydroxylation sites is 1. The molecule has 0 aliphatic rings. The van der Waals surface area contributed by atoms with Crippen LogP contribution in [-0.2, 0) is 26.2 Å². The molecule has 10 heteroatoms.